The Morgan fingerprint density at radius 1 is 0.917 bits per heavy atom. The average molecular weight is 484 g/mol. The molecule has 2 aromatic heterocycles. The maximum atomic E-state index is 13.2. The van der Waals surface area contributed by atoms with Crippen LogP contribution >= 0.6 is 0 Å². The number of benzene rings is 2. The SMILES string of the molecule is CN(C)CCN(Cc1ccc(C(=O)Nc2ccccc2N)nc1)C(=O)Nc1ccc2ncccc2c1. The minimum atomic E-state index is -0.354. The summed E-state index contributed by atoms with van der Waals surface area (Å²) in [6.45, 7) is 1.56. The molecule has 0 aliphatic carbocycles. The van der Waals surface area contributed by atoms with Gasteiger partial charge in [-0.3, -0.25) is 14.8 Å². The molecule has 0 spiro atoms. The van der Waals surface area contributed by atoms with E-state index in [1.807, 2.05) is 49.3 Å². The molecule has 9 heteroatoms. The van der Waals surface area contributed by atoms with Gasteiger partial charge in [-0.1, -0.05) is 24.3 Å². The molecule has 0 atom stereocenters. The molecular formula is C27H29N7O2. The first-order valence-corrected chi connectivity index (χ1v) is 11.6. The third-order valence-corrected chi connectivity index (χ3v) is 5.60. The number of nitrogens with zero attached hydrogens (tertiary/aromatic N) is 4. The van der Waals surface area contributed by atoms with Crippen molar-refractivity contribution in [2.24, 2.45) is 0 Å². The highest BCUT2D eigenvalue weighted by Crippen LogP contribution is 2.19. The van der Waals surface area contributed by atoms with E-state index in [0.717, 1.165) is 16.5 Å². The summed E-state index contributed by atoms with van der Waals surface area (Å²) in [4.78, 5) is 38.1. The summed E-state index contributed by atoms with van der Waals surface area (Å²) in [7, 11) is 3.92. The molecular weight excluding hydrogens is 454 g/mol. The minimum Gasteiger partial charge on any atom is -0.397 e. The van der Waals surface area contributed by atoms with Crippen molar-refractivity contribution < 1.29 is 9.59 Å². The molecule has 4 N–H and O–H groups in total. The predicted octanol–water partition coefficient (Wildman–Crippen LogP) is 4.06. The first kappa shape index (κ1) is 24.6. The Balaban J connectivity index is 1.44. The number of para-hydroxylation sites is 2. The number of amides is 3. The number of aromatic nitrogens is 2. The number of hydrogen-bond acceptors (Lipinski definition) is 6. The van der Waals surface area contributed by atoms with Crippen molar-refractivity contribution in [2.45, 2.75) is 6.54 Å². The molecule has 3 amide bonds. The molecule has 0 bridgehead atoms. The standard InChI is InChI=1S/C27H29N7O2/c1-33(2)14-15-34(27(36)31-21-10-12-23-20(16-21)6-5-13-29-23)18-19-9-11-25(30-17-19)26(35)32-24-8-4-3-7-22(24)28/h3-13,16-17H,14-15,18,28H2,1-2H3,(H,31,36)(H,32,35). The molecule has 2 aromatic carbocycles. The number of hydrogen-bond donors (Lipinski definition) is 3. The number of pyridine rings is 2. The predicted molar refractivity (Wildman–Crippen MR) is 143 cm³/mol. The first-order valence-electron chi connectivity index (χ1n) is 11.6. The van der Waals surface area contributed by atoms with Crippen molar-refractivity contribution >= 4 is 39.9 Å². The maximum Gasteiger partial charge on any atom is 0.322 e. The molecule has 0 saturated carbocycles. The van der Waals surface area contributed by atoms with E-state index in [1.165, 1.54) is 0 Å². The fraction of sp³-hybridized carbons (Fsp3) is 0.185. The van der Waals surface area contributed by atoms with E-state index in [1.54, 1.807) is 53.7 Å². The Kier molecular flexibility index (Phi) is 7.72. The van der Waals surface area contributed by atoms with Gasteiger partial charge in [0.1, 0.15) is 5.69 Å². The minimum absolute atomic E-state index is 0.221. The van der Waals surface area contributed by atoms with Gasteiger partial charge in [0, 0.05) is 43.1 Å². The number of nitrogen functional groups attached to an aromatic ring is 1. The van der Waals surface area contributed by atoms with E-state index in [0.29, 0.717) is 36.7 Å². The van der Waals surface area contributed by atoms with Gasteiger partial charge in [-0.25, -0.2) is 4.79 Å². The van der Waals surface area contributed by atoms with Gasteiger partial charge < -0.3 is 26.2 Å². The Morgan fingerprint density at radius 2 is 1.75 bits per heavy atom. The van der Waals surface area contributed by atoms with Crippen LogP contribution in [0.25, 0.3) is 10.9 Å². The van der Waals surface area contributed by atoms with Crippen molar-refractivity contribution in [3.8, 4) is 0 Å². The lowest BCUT2D eigenvalue weighted by Crippen LogP contribution is -2.39. The zero-order valence-electron chi connectivity index (χ0n) is 20.3. The molecule has 0 saturated heterocycles. The van der Waals surface area contributed by atoms with Gasteiger partial charge >= 0.3 is 6.03 Å². The third-order valence-electron chi connectivity index (χ3n) is 5.60. The molecule has 0 aliphatic heterocycles. The lowest BCUT2D eigenvalue weighted by atomic mass is 10.2. The van der Waals surface area contributed by atoms with E-state index in [-0.39, 0.29) is 17.6 Å². The summed E-state index contributed by atoms with van der Waals surface area (Å²) in [5, 5.41) is 6.70. The number of fused-ring (bicyclic) bond motifs is 1. The summed E-state index contributed by atoms with van der Waals surface area (Å²) in [6.07, 6.45) is 3.35. The van der Waals surface area contributed by atoms with Crippen LogP contribution in [-0.2, 0) is 6.54 Å². The summed E-state index contributed by atoms with van der Waals surface area (Å²) < 4.78 is 0. The molecule has 9 nitrogen and oxygen atoms in total. The summed E-state index contributed by atoms with van der Waals surface area (Å²) in [6, 6.07) is 19.7. The van der Waals surface area contributed by atoms with E-state index in [9.17, 15) is 9.59 Å². The molecule has 4 aromatic rings. The second-order valence-electron chi connectivity index (χ2n) is 8.66. The van der Waals surface area contributed by atoms with E-state index >= 15 is 0 Å². The number of nitrogens with two attached hydrogens (primary N) is 1. The lowest BCUT2D eigenvalue weighted by molar-refractivity contribution is 0.102. The smallest absolute Gasteiger partial charge is 0.322 e. The number of anilines is 3. The van der Waals surface area contributed by atoms with Gasteiger partial charge in [-0.15, -0.1) is 0 Å². The zero-order chi connectivity index (χ0) is 25.5. The monoisotopic (exact) mass is 483 g/mol. The number of urea groups is 1. The van der Waals surface area contributed by atoms with Crippen LogP contribution in [-0.4, -0.2) is 58.9 Å². The normalized spacial score (nSPS) is 10.9. The van der Waals surface area contributed by atoms with E-state index in [2.05, 4.69) is 20.6 Å². The molecule has 0 fully saturated rings. The lowest BCUT2D eigenvalue weighted by Gasteiger charge is -2.25. The van der Waals surface area contributed by atoms with Crippen LogP contribution in [0.3, 0.4) is 0 Å². The zero-order valence-corrected chi connectivity index (χ0v) is 20.3. The van der Waals surface area contributed by atoms with Crippen LogP contribution in [0.4, 0.5) is 21.9 Å². The number of likely N-dealkylation sites (N-methyl/N-ethyl adjacent to an activating group) is 1. The van der Waals surface area contributed by atoms with E-state index in [4.69, 9.17) is 5.73 Å². The number of rotatable bonds is 8. The van der Waals surface area contributed by atoms with Crippen molar-refractivity contribution in [3.63, 3.8) is 0 Å². The number of carbonyl (C=O) groups excluding carboxylic acids is 2. The summed E-state index contributed by atoms with van der Waals surface area (Å²) in [5.41, 5.74) is 9.54. The maximum absolute atomic E-state index is 13.2. The summed E-state index contributed by atoms with van der Waals surface area (Å²) >= 11 is 0. The van der Waals surface area contributed by atoms with Gasteiger partial charge in [0.05, 0.1) is 16.9 Å². The first-order chi connectivity index (χ1) is 17.4. The van der Waals surface area contributed by atoms with Crippen LogP contribution in [0, 0.1) is 0 Å². The molecule has 0 radical (unpaired) electrons. The van der Waals surface area contributed by atoms with E-state index < -0.39 is 0 Å². The summed E-state index contributed by atoms with van der Waals surface area (Å²) in [5.74, 6) is -0.354. The van der Waals surface area contributed by atoms with Crippen LogP contribution in [0.15, 0.2) is 79.1 Å². The number of carbonyl (C=O) groups is 2. The Bertz CT molecular complexity index is 1360. The highest BCUT2D eigenvalue weighted by molar-refractivity contribution is 6.04. The second kappa shape index (κ2) is 11.3. The molecule has 36 heavy (non-hydrogen) atoms. The van der Waals surface area contributed by atoms with Gasteiger partial charge in [0.2, 0.25) is 0 Å². The topological polar surface area (TPSA) is 116 Å². The third kappa shape index (κ3) is 6.34. The van der Waals surface area contributed by atoms with Crippen molar-refractivity contribution in [1.82, 2.24) is 19.8 Å². The molecule has 0 unspecified atom stereocenters. The van der Waals surface area contributed by atoms with Crippen LogP contribution in [0.5, 0.6) is 0 Å². The quantitative estimate of drug-likeness (QED) is 0.326. The highest BCUT2D eigenvalue weighted by atomic mass is 16.2. The fourth-order valence-electron chi connectivity index (χ4n) is 3.60. The van der Waals surface area contributed by atoms with Crippen LogP contribution in [0.1, 0.15) is 16.1 Å². The molecule has 2 heterocycles. The van der Waals surface area contributed by atoms with Gasteiger partial charge in [0.15, 0.2) is 0 Å². The van der Waals surface area contributed by atoms with Gasteiger partial charge in [0.25, 0.3) is 5.91 Å². The molecule has 0 aliphatic rings. The second-order valence-corrected chi connectivity index (χ2v) is 8.66. The van der Waals surface area contributed by atoms with Gasteiger partial charge in [-0.2, -0.15) is 0 Å². The Morgan fingerprint density at radius 3 is 2.50 bits per heavy atom. The fourth-order valence-corrected chi connectivity index (χ4v) is 3.60. The van der Waals surface area contributed by atoms with Gasteiger partial charge in [-0.05, 0) is 62.1 Å². The highest BCUT2D eigenvalue weighted by Gasteiger charge is 2.16. The molecule has 184 valence electrons. The van der Waals surface area contributed by atoms with Crippen molar-refractivity contribution in [1.29, 1.82) is 0 Å². The van der Waals surface area contributed by atoms with Crippen LogP contribution in [0.2, 0.25) is 0 Å². The molecule has 4 rings (SSSR count). The Hall–Kier alpha value is -4.50. The number of nitrogens with one attached hydrogen (secondary N) is 2. The average Bonchev–Trinajstić information content (AvgIpc) is 2.88. The Labute approximate surface area is 210 Å². The largest absolute Gasteiger partial charge is 0.397 e. The van der Waals surface area contributed by atoms with Crippen molar-refractivity contribution in [3.05, 3.63) is 90.4 Å². The van der Waals surface area contributed by atoms with Crippen molar-refractivity contribution in [2.75, 3.05) is 43.6 Å². The van der Waals surface area contributed by atoms with Crippen LogP contribution < -0.4 is 16.4 Å².